The molecule has 1 heterocycles. The van der Waals surface area contributed by atoms with Crippen molar-refractivity contribution in [1.29, 1.82) is 0 Å². The number of rotatable bonds is 1. The van der Waals surface area contributed by atoms with Crippen molar-refractivity contribution in [3.8, 4) is 11.1 Å². The normalized spacial score (nSPS) is 12.1. The quantitative estimate of drug-likeness (QED) is 0.354. The summed E-state index contributed by atoms with van der Waals surface area (Å²) in [6.07, 6.45) is 0. The first kappa shape index (κ1) is 14.5. The fraction of sp³-hybridized carbons (Fsp3) is 0.182. The van der Waals surface area contributed by atoms with Gasteiger partial charge in [0, 0.05) is 20.2 Å². The molecular weight excluding hydrogens is 296 g/mol. The van der Waals surface area contributed by atoms with Crippen LogP contribution in [0, 0.1) is 0 Å². The van der Waals surface area contributed by atoms with Gasteiger partial charge in [-0.15, -0.1) is 11.3 Å². The van der Waals surface area contributed by atoms with Gasteiger partial charge in [-0.3, -0.25) is 0 Å². The van der Waals surface area contributed by atoms with E-state index < -0.39 is 0 Å². The van der Waals surface area contributed by atoms with Crippen LogP contribution in [0.3, 0.4) is 0 Å². The van der Waals surface area contributed by atoms with Gasteiger partial charge in [0.2, 0.25) is 0 Å². The second-order valence-corrected chi connectivity index (χ2v) is 8.16. The minimum Gasteiger partial charge on any atom is -0.135 e. The highest BCUT2D eigenvalue weighted by molar-refractivity contribution is 7.26. The number of thiophene rings is 1. The molecule has 0 saturated heterocycles. The first-order valence-electron chi connectivity index (χ1n) is 8.05. The molecule has 1 heteroatoms. The van der Waals surface area contributed by atoms with Crippen molar-refractivity contribution in [2.45, 2.75) is 26.2 Å². The molecule has 0 aliphatic rings. The highest BCUT2D eigenvalue weighted by atomic mass is 32.1. The van der Waals surface area contributed by atoms with Crippen molar-refractivity contribution in [3.05, 3.63) is 72.3 Å². The second kappa shape index (κ2) is 5.21. The Balaban J connectivity index is 2.03. The van der Waals surface area contributed by atoms with Gasteiger partial charge in [-0.25, -0.2) is 0 Å². The largest absolute Gasteiger partial charge is 0.135 e. The predicted molar refractivity (Wildman–Crippen MR) is 103 cm³/mol. The Morgan fingerprint density at radius 3 is 2.26 bits per heavy atom. The summed E-state index contributed by atoms with van der Waals surface area (Å²) < 4.78 is 2.76. The van der Waals surface area contributed by atoms with E-state index in [0.29, 0.717) is 0 Å². The Bertz CT molecular complexity index is 985. The Kier molecular flexibility index (Phi) is 3.28. The monoisotopic (exact) mass is 316 g/mol. The van der Waals surface area contributed by atoms with E-state index in [-0.39, 0.29) is 5.41 Å². The van der Waals surface area contributed by atoms with Crippen LogP contribution in [0.5, 0.6) is 0 Å². The van der Waals surface area contributed by atoms with Gasteiger partial charge < -0.3 is 0 Å². The van der Waals surface area contributed by atoms with Crippen molar-refractivity contribution < 1.29 is 0 Å². The van der Waals surface area contributed by atoms with Gasteiger partial charge in [0.05, 0.1) is 0 Å². The molecule has 0 bridgehead atoms. The molecule has 0 spiro atoms. The molecule has 0 fully saturated rings. The van der Waals surface area contributed by atoms with Crippen molar-refractivity contribution in [2.24, 2.45) is 0 Å². The van der Waals surface area contributed by atoms with Gasteiger partial charge in [-0.2, -0.15) is 0 Å². The Morgan fingerprint density at radius 2 is 1.52 bits per heavy atom. The first-order valence-corrected chi connectivity index (χ1v) is 8.87. The lowest BCUT2D eigenvalue weighted by Crippen LogP contribution is -2.10. The molecule has 0 amide bonds. The molecule has 23 heavy (non-hydrogen) atoms. The zero-order chi connectivity index (χ0) is 16.0. The zero-order valence-corrected chi connectivity index (χ0v) is 14.6. The van der Waals surface area contributed by atoms with Crippen LogP contribution in [-0.2, 0) is 5.41 Å². The van der Waals surface area contributed by atoms with Gasteiger partial charge in [0.15, 0.2) is 0 Å². The van der Waals surface area contributed by atoms with E-state index >= 15 is 0 Å². The summed E-state index contributed by atoms with van der Waals surface area (Å²) in [5.74, 6) is 0. The Labute approximate surface area is 141 Å². The van der Waals surface area contributed by atoms with Gasteiger partial charge in [0.1, 0.15) is 0 Å². The third kappa shape index (κ3) is 2.46. The SMILES string of the molecule is CC(C)(C)c1ccc2sc3c(-c4ccccc4)cccc3c2c1. The zero-order valence-electron chi connectivity index (χ0n) is 13.8. The van der Waals surface area contributed by atoms with Crippen LogP contribution in [0.2, 0.25) is 0 Å². The molecule has 1 aromatic heterocycles. The van der Waals surface area contributed by atoms with E-state index in [0.717, 1.165) is 0 Å². The highest BCUT2D eigenvalue weighted by Crippen LogP contribution is 2.41. The molecule has 0 aliphatic carbocycles. The lowest BCUT2D eigenvalue weighted by Gasteiger charge is -2.18. The third-order valence-electron chi connectivity index (χ3n) is 4.45. The lowest BCUT2D eigenvalue weighted by atomic mass is 9.86. The average Bonchev–Trinajstić information content (AvgIpc) is 2.92. The predicted octanol–water partition coefficient (Wildman–Crippen LogP) is 7.02. The van der Waals surface area contributed by atoms with Crippen LogP contribution >= 0.6 is 11.3 Å². The summed E-state index contributed by atoms with van der Waals surface area (Å²) in [4.78, 5) is 0. The van der Waals surface area contributed by atoms with Crippen LogP contribution in [0.25, 0.3) is 31.3 Å². The molecular formula is C22H20S. The number of benzene rings is 3. The van der Waals surface area contributed by atoms with Crippen LogP contribution in [0.1, 0.15) is 26.3 Å². The first-order chi connectivity index (χ1) is 11.0. The van der Waals surface area contributed by atoms with Gasteiger partial charge in [-0.05, 0) is 34.2 Å². The Hall–Kier alpha value is -2.12. The maximum Gasteiger partial charge on any atom is 0.0433 e. The van der Waals surface area contributed by atoms with Crippen LogP contribution < -0.4 is 0 Å². The molecule has 0 atom stereocenters. The van der Waals surface area contributed by atoms with Crippen molar-refractivity contribution in [3.63, 3.8) is 0 Å². The van der Waals surface area contributed by atoms with Crippen molar-refractivity contribution in [2.75, 3.05) is 0 Å². The highest BCUT2D eigenvalue weighted by Gasteiger charge is 2.16. The maximum absolute atomic E-state index is 2.38. The van der Waals surface area contributed by atoms with E-state index in [4.69, 9.17) is 0 Å². The summed E-state index contributed by atoms with van der Waals surface area (Å²) in [6.45, 7) is 6.83. The van der Waals surface area contributed by atoms with Crippen LogP contribution in [0.4, 0.5) is 0 Å². The molecule has 0 saturated carbocycles. The summed E-state index contributed by atoms with van der Waals surface area (Å²) in [5, 5.41) is 2.76. The minimum absolute atomic E-state index is 0.180. The second-order valence-electron chi connectivity index (χ2n) is 7.11. The van der Waals surface area contributed by atoms with E-state index in [1.54, 1.807) is 0 Å². The van der Waals surface area contributed by atoms with Crippen LogP contribution in [0.15, 0.2) is 66.7 Å². The minimum atomic E-state index is 0.180. The number of fused-ring (bicyclic) bond motifs is 3. The summed E-state index contributed by atoms with van der Waals surface area (Å²) >= 11 is 1.90. The number of hydrogen-bond donors (Lipinski definition) is 0. The average molecular weight is 316 g/mol. The molecule has 0 unspecified atom stereocenters. The van der Waals surface area contributed by atoms with E-state index in [9.17, 15) is 0 Å². The molecule has 114 valence electrons. The molecule has 0 aliphatic heterocycles. The summed E-state index contributed by atoms with van der Waals surface area (Å²) in [5.41, 5.74) is 4.21. The smallest absolute Gasteiger partial charge is 0.0433 e. The van der Waals surface area contributed by atoms with E-state index in [2.05, 4.69) is 87.5 Å². The van der Waals surface area contributed by atoms with Gasteiger partial charge in [-0.1, -0.05) is 75.4 Å². The van der Waals surface area contributed by atoms with E-state index in [1.165, 1.54) is 36.9 Å². The summed E-state index contributed by atoms with van der Waals surface area (Å²) in [6, 6.07) is 24.3. The molecule has 4 aromatic rings. The van der Waals surface area contributed by atoms with Crippen molar-refractivity contribution in [1.82, 2.24) is 0 Å². The van der Waals surface area contributed by atoms with Gasteiger partial charge >= 0.3 is 0 Å². The fourth-order valence-electron chi connectivity index (χ4n) is 3.11. The molecule has 0 nitrogen and oxygen atoms in total. The molecule has 4 rings (SSSR count). The van der Waals surface area contributed by atoms with Crippen LogP contribution in [-0.4, -0.2) is 0 Å². The van der Waals surface area contributed by atoms with Crippen molar-refractivity contribution >= 4 is 31.5 Å². The molecule has 0 radical (unpaired) electrons. The fourth-order valence-corrected chi connectivity index (χ4v) is 4.33. The van der Waals surface area contributed by atoms with Gasteiger partial charge in [0.25, 0.3) is 0 Å². The number of hydrogen-bond acceptors (Lipinski definition) is 1. The van der Waals surface area contributed by atoms with E-state index in [1.807, 2.05) is 11.3 Å². The Morgan fingerprint density at radius 1 is 0.739 bits per heavy atom. The molecule has 0 N–H and O–H groups in total. The topological polar surface area (TPSA) is 0 Å². The summed E-state index contributed by atoms with van der Waals surface area (Å²) in [7, 11) is 0. The third-order valence-corrected chi connectivity index (χ3v) is 5.67. The standard InChI is InChI=1S/C22H20S/c1-22(2,3)16-12-13-20-19(14-16)18-11-7-10-17(21(18)23-20)15-8-5-4-6-9-15/h4-14H,1-3H3. The lowest BCUT2D eigenvalue weighted by molar-refractivity contribution is 0.591. The molecule has 3 aromatic carbocycles. The maximum atomic E-state index is 2.38.